The van der Waals surface area contributed by atoms with Crippen LogP contribution in [0.5, 0.6) is 0 Å². The number of benzene rings is 1. The zero-order valence-corrected chi connectivity index (χ0v) is 16.5. The summed E-state index contributed by atoms with van der Waals surface area (Å²) in [6, 6.07) is 8.31. The highest BCUT2D eigenvalue weighted by atomic mass is 16.5. The molecule has 1 atom stereocenters. The molecule has 2 amide bonds. The second kappa shape index (κ2) is 10.6. The van der Waals surface area contributed by atoms with Crippen molar-refractivity contribution in [2.75, 3.05) is 31.6 Å². The zero-order valence-electron chi connectivity index (χ0n) is 16.5. The number of ether oxygens (including phenoxy) is 1. The van der Waals surface area contributed by atoms with E-state index in [9.17, 15) is 4.79 Å². The predicted octanol–water partition coefficient (Wildman–Crippen LogP) is 3.50. The van der Waals surface area contributed by atoms with Crippen LogP contribution in [0.4, 0.5) is 10.5 Å². The fraction of sp³-hybridized carbons (Fsp3) is 0.667. The number of carbonyl (C=O) groups is 1. The SMILES string of the molecule is C[C@@H](CC1CCCCC1)NCc1ccccc1NC(=O)NN1CCOCC1. The number of amides is 2. The monoisotopic (exact) mass is 374 g/mol. The third kappa shape index (κ3) is 6.79. The molecule has 1 aromatic rings. The molecule has 1 saturated heterocycles. The van der Waals surface area contributed by atoms with Crippen molar-refractivity contribution in [1.82, 2.24) is 15.8 Å². The molecule has 3 N–H and O–H groups in total. The summed E-state index contributed by atoms with van der Waals surface area (Å²) in [6.45, 7) is 5.78. The summed E-state index contributed by atoms with van der Waals surface area (Å²) in [6.07, 6.45) is 8.19. The van der Waals surface area contributed by atoms with Crippen LogP contribution >= 0.6 is 0 Å². The molecule has 0 unspecified atom stereocenters. The minimum atomic E-state index is -0.195. The first-order chi connectivity index (χ1) is 13.2. The van der Waals surface area contributed by atoms with E-state index in [0.717, 1.165) is 36.8 Å². The van der Waals surface area contributed by atoms with Gasteiger partial charge in [0.1, 0.15) is 0 Å². The van der Waals surface area contributed by atoms with Gasteiger partial charge in [0.2, 0.25) is 0 Å². The first-order valence-corrected chi connectivity index (χ1v) is 10.4. The van der Waals surface area contributed by atoms with Crippen LogP contribution in [0.1, 0.15) is 51.0 Å². The van der Waals surface area contributed by atoms with Crippen molar-refractivity contribution in [3.05, 3.63) is 29.8 Å². The minimum absolute atomic E-state index is 0.195. The van der Waals surface area contributed by atoms with Crippen LogP contribution in [0.15, 0.2) is 24.3 Å². The van der Waals surface area contributed by atoms with Crippen molar-refractivity contribution in [3.8, 4) is 0 Å². The number of nitrogens with one attached hydrogen (secondary N) is 3. The number of anilines is 1. The van der Waals surface area contributed by atoms with Crippen molar-refractivity contribution in [1.29, 1.82) is 0 Å². The highest BCUT2D eigenvalue weighted by molar-refractivity contribution is 5.89. The molecule has 1 aromatic carbocycles. The molecule has 1 heterocycles. The van der Waals surface area contributed by atoms with E-state index in [1.54, 1.807) is 0 Å². The summed E-state index contributed by atoms with van der Waals surface area (Å²) >= 11 is 0. The summed E-state index contributed by atoms with van der Waals surface area (Å²) in [5, 5.41) is 8.53. The lowest BCUT2D eigenvalue weighted by Gasteiger charge is -2.27. The largest absolute Gasteiger partial charge is 0.379 e. The maximum atomic E-state index is 12.3. The Balaban J connectivity index is 1.46. The van der Waals surface area contributed by atoms with Gasteiger partial charge in [-0.05, 0) is 30.9 Å². The van der Waals surface area contributed by atoms with E-state index in [1.165, 1.54) is 38.5 Å². The van der Waals surface area contributed by atoms with E-state index in [4.69, 9.17) is 4.74 Å². The molecule has 0 radical (unpaired) electrons. The molecule has 6 nitrogen and oxygen atoms in total. The summed E-state index contributed by atoms with van der Waals surface area (Å²) < 4.78 is 5.31. The van der Waals surface area contributed by atoms with Gasteiger partial charge in [0.25, 0.3) is 0 Å². The van der Waals surface area contributed by atoms with Crippen LogP contribution in [-0.2, 0) is 11.3 Å². The molecule has 2 aliphatic rings. The fourth-order valence-corrected chi connectivity index (χ4v) is 4.06. The Morgan fingerprint density at radius 2 is 1.93 bits per heavy atom. The standard InChI is InChI=1S/C21H34N4O2/c1-17(15-18-7-3-2-4-8-18)22-16-19-9-5-6-10-20(19)23-21(26)24-25-11-13-27-14-12-25/h5-6,9-10,17-18,22H,2-4,7-8,11-16H2,1H3,(H2,23,24,26)/t17-/m0/s1. The van der Waals surface area contributed by atoms with Gasteiger partial charge in [0.05, 0.1) is 13.2 Å². The molecule has 1 aliphatic carbocycles. The molecule has 1 aliphatic heterocycles. The van der Waals surface area contributed by atoms with Gasteiger partial charge in [0, 0.05) is 31.4 Å². The van der Waals surface area contributed by atoms with Gasteiger partial charge in [-0.15, -0.1) is 0 Å². The smallest absolute Gasteiger partial charge is 0.333 e. The van der Waals surface area contributed by atoms with Crippen molar-refractivity contribution in [2.24, 2.45) is 5.92 Å². The zero-order chi connectivity index (χ0) is 18.9. The van der Waals surface area contributed by atoms with Crippen LogP contribution < -0.4 is 16.1 Å². The molecule has 150 valence electrons. The Labute approximate surface area is 163 Å². The summed E-state index contributed by atoms with van der Waals surface area (Å²) in [5.41, 5.74) is 4.87. The second-order valence-corrected chi connectivity index (χ2v) is 7.84. The quantitative estimate of drug-likeness (QED) is 0.683. The van der Waals surface area contributed by atoms with Crippen LogP contribution in [0.25, 0.3) is 0 Å². The number of morpholine rings is 1. The molecule has 0 aromatic heterocycles. The van der Waals surface area contributed by atoms with E-state index in [1.807, 2.05) is 23.2 Å². The van der Waals surface area contributed by atoms with Crippen LogP contribution in [0.3, 0.4) is 0 Å². The van der Waals surface area contributed by atoms with E-state index in [2.05, 4.69) is 29.0 Å². The number of hydrogen-bond donors (Lipinski definition) is 3. The van der Waals surface area contributed by atoms with Crippen molar-refractivity contribution in [2.45, 2.75) is 58.0 Å². The Hall–Kier alpha value is -1.63. The Morgan fingerprint density at radius 3 is 2.70 bits per heavy atom. The second-order valence-electron chi connectivity index (χ2n) is 7.84. The lowest BCUT2D eigenvalue weighted by molar-refractivity contribution is 0.0207. The van der Waals surface area contributed by atoms with E-state index < -0.39 is 0 Å². The van der Waals surface area contributed by atoms with Crippen molar-refractivity contribution >= 4 is 11.7 Å². The van der Waals surface area contributed by atoms with Gasteiger partial charge < -0.3 is 15.4 Å². The maximum absolute atomic E-state index is 12.3. The average molecular weight is 375 g/mol. The number of carbonyl (C=O) groups excluding carboxylic acids is 1. The number of hydrogen-bond acceptors (Lipinski definition) is 4. The van der Waals surface area contributed by atoms with Crippen LogP contribution in [0.2, 0.25) is 0 Å². The van der Waals surface area contributed by atoms with Gasteiger partial charge in [-0.3, -0.25) is 5.43 Å². The van der Waals surface area contributed by atoms with Crippen molar-refractivity contribution < 1.29 is 9.53 Å². The predicted molar refractivity (Wildman–Crippen MR) is 108 cm³/mol. The molecule has 1 saturated carbocycles. The first kappa shape index (κ1) is 20.1. The number of rotatable bonds is 7. The Kier molecular flexibility index (Phi) is 7.93. The maximum Gasteiger partial charge on any atom is 0.333 e. The summed E-state index contributed by atoms with van der Waals surface area (Å²) in [4.78, 5) is 12.3. The highest BCUT2D eigenvalue weighted by Gasteiger charge is 2.17. The Morgan fingerprint density at radius 1 is 1.19 bits per heavy atom. The Bertz CT molecular complexity index is 583. The van der Waals surface area contributed by atoms with Gasteiger partial charge >= 0.3 is 6.03 Å². The molecule has 0 bridgehead atoms. The highest BCUT2D eigenvalue weighted by Crippen LogP contribution is 2.27. The van der Waals surface area contributed by atoms with Gasteiger partial charge in [-0.2, -0.15) is 0 Å². The normalized spacial score (nSPS) is 20.2. The molecule has 0 spiro atoms. The first-order valence-electron chi connectivity index (χ1n) is 10.4. The third-order valence-electron chi connectivity index (χ3n) is 5.59. The van der Waals surface area contributed by atoms with Crippen LogP contribution in [-0.4, -0.2) is 43.4 Å². The van der Waals surface area contributed by atoms with Gasteiger partial charge in [0.15, 0.2) is 0 Å². The lowest BCUT2D eigenvalue weighted by Crippen LogP contribution is -2.49. The molecule has 6 heteroatoms. The molecular formula is C21H34N4O2. The number of urea groups is 1. The number of hydrazine groups is 1. The molecule has 3 rings (SSSR count). The number of nitrogens with zero attached hydrogens (tertiary/aromatic N) is 1. The van der Waals surface area contributed by atoms with E-state index >= 15 is 0 Å². The van der Waals surface area contributed by atoms with Gasteiger partial charge in [-0.1, -0.05) is 50.3 Å². The number of para-hydroxylation sites is 1. The van der Waals surface area contributed by atoms with E-state index in [0.29, 0.717) is 19.3 Å². The molecule has 27 heavy (non-hydrogen) atoms. The van der Waals surface area contributed by atoms with Gasteiger partial charge in [-0.25, -0.2) is 9.80 Å². The molecule has 2 fully saturated rings. The average Bonchev–Trinajstić information content (AvgIpc) is 2.69. The molecular weight excluding hydrogens is 340 g/mol. The lowest BCUT2D eigenvalue weighted by atomic mass is 9.85. The summed E-state index contributed by atoms with van der Waals surface area (Å²) in [7, 11) is 0. The van der Waals surface area contributed by atoms with Crippen molar-refractivity contribution in [3.63, 3.8) is 0 Å². The van der Waals surface area contributed by atoms with Crippen LogP contribution in [0, 0.1) is 5.92 Å². The minimum Gasteiger partial charge on any atom is -0.379 e. The van der Waals surface area contributed by atoms with E-state index in [-0.39, 0.29) is 6.03 Å². The summed E-state index contributed by atoms with van der Waals surface area (Å²) in [5.74, 6) is 0.869. The topological polar surface area (TPSA) is 65.6 Å². The fourth-order valence-electron chi connectivity index (χ4n) is 4.06. The third-order valence-corrected chi connectivity index (χ3v) is 5.59.